The minimum absolute atomic E-state index is 0.0444. The van der Waals surface area contributed by atoms with E-state index in [1.54, 1.807) is 31.4 Å². The molecule has 4 rings (SSSR count). The van der Waals surface area contributed by atoms with Crippen LogP contribution in [0.5, 0.6) is 5.75 Å². The van der Waals surface area contributed by atoms with Gasteiger partial charge in [-0.25, -0.2) is 17.5 Å². The zero-order valence-corrected chi connectivity index (χ0v) is 17.0. The van der Waals surface area contributed by atoms with Crippen molar-refractivity contribution in [2.75, 3.05) is 20.3 Å². The third kappa shape index (κ3) is 3.41. The number of halogens is 1. The molecule has 0 bridgehead atoms. The molecule has 2 N–H and O–H groups in total. The number of ether oxygens (including phenoxy) is 1. The van der Waals surface area contributed by atoms with E-state index in [1.165, 1.54) is 23.5 Å². The molecule has 2 aromatic heterocycles. The number of nitrogens with one attached hydrogen (secondary N) is 2. The topological polar surface area (TPSA) is 88.3 Å². The summed E-state index contributed by atoms with van der Waals surface area (Å²) in [6.45, 7) is -1.05. The van der Waals surface area contributed by atoms with Gasteiger partial charge in [0, 0.05) is 28.4 Å². The summed E-state index contributed by atoms with van der Waals surface area (Å²) in [4.78, 5) is 15.3. The van der Waals surface area contributed by atoms with Gasteiger partial charge in [0.15, 0.2) is 0 Å². The SMILES string of the molecule is COc1ccc2[nH]c(=O)c3sccc3c2c1-c1ccc(S(=O)(=O)NCCF)cc1. The second-order valence-electron chi connectivity index (χ2n) is 6.29. The molecule has 2 aromatic carbocycles. The Morgan fingerprint density at radius 3 is 2.59 bits per heavy atom. The second-order valence-corrected chi connectivity index (χ2v) is 8.98. The van der Waals surface area contributed by atoms with Gasteiger partial charge in [-0.05, 0) is 41.3 Å². The Kier molecular flexibility index (Phi) is 5.12. The van der Waals surface area contributed by atoms with Crippen molar-refractivity contribution in [3.8, 4) is 16.9 Å². The number of alkyl halides is 1. The van der Waals surface area contributed by atoms with Gasteiger partial charge in [0.1, 0.15) is 17.1 Å². The third-order valence-corrected chi connectivity index (χ3v) is 7.01. The number of rotatable bonds is 6. The van der Waals surface area contributed by atoms with E-state index in [0.29, 0.717) is 16.0 Å². The van der Waals surface area contributed by atoms with Crippen molar-refractivity contribution in [1.29, 1.82) is 0 Å². The molecule has 29 heavy (non-hydrogen) atoms. The van der Waals surface area contributed by atoms with Crippen molar-refractivity contribution < 1.29 is 17.5 Å². The minimum atomic E-state index is -3.78. The van der Waals surface area contributed by atoms with E-state index in [-0.39, 0.29) is 17.0 Å². The van der Waals surface area contributed by atoms with Crippen molar-refractivity contribution >= 4 is 42.3 Å². The first-order chi connectivity index (χ1) is 14.0. The average molecular weight is 432 g/mol. The number of fused-ring (bicyclic) bond motifs is 3. The van der Waals surface area contributed by atoms with Crippen LogP contribution in [-0.2, 0) is 10.0 Å². The van der Waals surface area contributed by atoms with E-state index in [0.717, 1.165) is 21.9 Å². The van der Waals surface area contributed by atoms with Gasteiger partial charge in [-0.15, -0.1) is 11.3 Å². The molecule has 0 saturated heterocycles. The fraction of sp³-hybridized carbons (Fsp3) is 0.150. The summed E-state index contributed by atoms with van der Waals surface area (Å²) in [6, 6.07) is 11.7. The van der Waals surface area contributed by atoms with Gasteiger partial charge in [0.25, 0.3) is 5.56 Å². The van der Waals surface area contributed by atoms with Gasteiger partial charge in [-0.3, -0.25) is 4.79 Å². The summed E-state index contributed by atoms with van der Waals surface area (Å²) >= 11 is 1.36. The van der Waals surface area contributed by atoms with Gasteiger partial charge in [-0.2, -0.15) is 0 Å². The van der Waals surface area contributed by atoms with Crippen LogP contribution in [0.2, 0.25) is 0 Å². The summed E-state index contributed by atoms with van der Waals surface area (Å²) < 4.78 is 45.1. The number of H-pyrrole nitrogens is 1. The Balaban J connectivity index is 1.94. The number of aromatic amines is 1. The maximum atomic E-state index is 12.3. The summed E-state index contributed by atoms with van der Waals surface area (Å²) in [6.07, 6.45) is 0. The molecule has 0 atom stereocenters. The lowest BCUT2D eigenvalue weighted by atomic mass is 9.97. The molecule has 0 aliphatic carbocycles. The standard InChI is InChI=1S/C20H17FN2O4S2/c1-27-16-7-6-15-18(14-8-11-28-19(14)20(24)23-15)17(16)12-2-4-13(5-3-12)29(25,26)22-10-9-21/h2-8,11,22H,9-10H2,1H3,(H,23,24). The highest BCUT2D eigenvalue weighted by atomic mass is 32.2. The van der Waals surface area contributed by atoms with Crippen LogP contribution in [0, 0.1) is 0 Å². The Morgan fingerprint density at radius 2 is 1.90 bits per heavy atom. The predicted molar refractivity (Wildman–Crippen MR) is 113 cm³/mol. The predicted octanol–water partition coefficient (Wildman–Crippen LogP) is 3.67. The smallest absolute Gasteiger partial charge is 0.266 e. The van der Waals surface area contributed by atoms with Crippen LogP contribution in [0.15, 0.2) is 57.5 Å². The van der Waals surface area contributed by atoms with E-state index in [4.69, 9.17) is 4.74 Å². The Hall–Kier alpha value is -2.75. The van der Waals surface area contributed by atoms with E-state index in [9.17, 15) is 17.6 Å². The van der Waals surface area contributed by atoms with Crippen molar-refractivity contribution in [2.24, 2.45) is 0 Å². The molecule has 0 amide bonds. The molecule has 0 unspecified atom stereocenters. The molecule has 9 heteroatoms. The number of thiophene rings is 1. The van der Waals surface area contributed by atoms with Crippen LogP contribution in [0.4, 0.5) is 4.39 Å². The maximum absolute atomic E-state index is 12.3. The van der Waals surface area contributed by atoms with Crippen LogP contribution in [0.1, 0.15) is 0 Å². The molecule has 0 saturated carbocycles. The number of benzene rings is 2. The number of pyridine rings is 1. The molecule has 0 fully saturated rings. The molecular weight excluding hydrogens is 415 g/mol. The summed E-state index contributed by atoms with van der Waals surface area (Å²) in [5.74, 6) is 0.600. The molecule has 0 spiro atoms. The number of sulfonamides is 1. The zero-order chi connectivity index (χ0) is 20.6. The van der Waals surface area contributed by atoms with Gasteiger partial charge in [0.2, 0.25) is 10.0 Å². The molecule has 0 aliphatic rings. The Labute approximate surface area is 170 Å². The molecule has 4 aromatic rings. The average Bonchev–Trinajstić information content (AvgIpc) is 3.22. The van der Waals surface area contributed by atoms with Gasteiger partial charge >= 0.3 is 0 Å². The first kappa shape index (κ1) is 19.6. The third-order valence-electron chi connectivity index (χ3n) is 4.62. The summed E-state index contributed by atoms with van der Waals surface area (Å²) in [5.41, 5.74) is 2.00. The number of aromatic nitrogens is 1. The van der Waals surface area contributed by atoms with Crippen LogP contribution >= 0.6 is 11.3 Å². The normalized spacial score (nSPS) is 11.9. The first-order valence-electron chi connectivity index (χ1n) is 8.72. The minimum Gasteiger partial charge on any atom is -0.496 e. The van der Waals surface area contributed by atoms with Gasteiger partial charge in [-0.1, -0.05) is 12.1 Å². The molecular formula is C20H17FN2O4S2. The van der Waals surface area contributed by atoms with E-state index in [1.807, 2.05) is 11.4 Å². The molecule has 0 aliphatic heterocycles. The highest BCUT2D eigenvalue weighted by Crippen LogP contribution is 2.40. The van der Waals surface area contributed by atoms with Crippen LogP contribution in [0.25, 0.3) is 32.1 Å². The fourth-order valence-electron chi connectivity index (χ4n) is 3.34. The summed E-state index contributed by atoms with van der Waals surface area (Å²) in [7, 11) is -2.22. The zero-order valence-electron chi connectivity index (χ0n) is 15.4. The second kappa shape index (κ2) is 7.58. The van der Waals surface area contributed by atoms with E-state index in [2.05, 4.69) is 9.71 Å². The highest BCUT2D eigenvalue weighted by Gasteiger charge is 2.18. The fourth-order valence-corrected chi connectivity index (χ4v) is 5.14. The van der Waals surface area contributed by atoms with Crippen molar-refractivity contribution in [3.05, 3.63) is 58.2 Å². The van der Waals surface area contributed by atoms with E-state index < -0.39 is 16.7 Å². The Morgan fingerprint density at radius 1 is 1.14 bits per heavy atom. The number of methoxy groups -OCH3 is 1. The van der Waals surface area contributed by atoms with E-state index >= 15 is 0 Å². The first-order valence-corrected chi connectivity index (χ1v) is 11.1. The number of hydrogen-bond acceptors (Lipinski definition) is 5. The summed E-state index contributed by atoms with van der Waals surface area (Å²) in [5, 5.41) is 3.49. The van der Waals surface area contributed by atoms with Gasteiger partial charge < -0.3 is 9.72 Å². The van der Waals surface area contributed by atoms with Crippen molar-refractivity contribution in [1.82, 2.24) is 9.71 Å². The van der Waals surface area contributed by atoms with Crippen molar-refractivity contribution in [2.45, 2.75) is 4.90 Å². The van der Waals surface area contributed by atoms with Crippen LogP contribution in [-0.4, -0.2) is 33.7 Å². The largest absolute Gasteiger partial charge is 0.496 e. The number of hydrogen-bond donors (Lipinski definition) is 2. The van der Waals surface area contributed by atoms with Crippen LogP contribution in [0.3, 0.4) is 0 Å². The monoisotopic (exact) mass is 432 g/mol. The molecule has 6 nitrogen and oxygen atoms in total. The lowest BCUT2D eigenvalue weighted by Crippen LogP contribution is -2.25. The van der Waals surface area contributed by atoms with Crippen molar-refractivity contribution in [3.63, 3.8) is 0 Å². The Bertz CT molecular complexity index is 1360. The quantitative estimate of drug-likeness (QED) is 0.487. The molecule has 0 radical (unpaired) electrons. The highest BCUT2D eigenvalue weighted by molar-refractivity contribution is 7.89. The lowest BCUT2D eigenvalue weighted by molar-refractivity contribution is 0.417. The van der Waals surface area contributed by atoms with Crippen LogP contribution < -0.4 is 15.0 Å². The molecule has 2 heterocycles. The maximum Gasteiger partial charge on any atom is 0.266 e. The lowest BCUT2D eigenvalue weighted by Gasteiger charge is -2.14. The van der Waals surface area contributed by atoms with Gasteiger partial charge in [0.05, 0.1) is 12.0 Å². The molecule has 150 valence electrons.